The van der Waals surface area contributed by atoms with Crippen LogP contribution >= 0.6 is 23.2 Å². The normalized spacial score (nSPS) is 10.4. The van der Waals surface area contributed by atoms with Crippen molar-refractivity contribution in [3.8, 4) is 0 Å². The van der Waals surface area contributed by atoms with E-state index in [0.29, 0.717) is 21.6 Å². The molecule has 0 bridgehead atoms. The molecule has 3 rings (SSSR count). The number of aromatic nitrogens is 2. The number of rotatable bonds is 5. The van der Waals surface area contributed by atoms with Crippen molar-refractivity contribution in [1.82, 2.24) is 15.3 Å². The second kappa shape index (κ2) is 8.12. The van der Waals surface area contributed by atoms with Gasteiger partial charge in [-0.15, -0.1) is 0 Å². The molecule has 0 radical (unpaired) electrons. The molecule has 1 aromatic heterocycles. The summed E-state index contributed by atoms with van der Waals surface area (Å²) in [4.78, 5) is 20.3. The lowest BCUT2D eigenvalue weighted by Crippen LogP contribution is -2.24. The number of benzene rings is 2. The van der Waals surface area contributed by atoms with Crippen molar-refractivity contribution >= 4 is 40.6 Å². The van der Waals surface area contributed by atoms with Gasteiger partial charge in [-0.1, -0.05) is 35.3 Å². The van der Waals surface area contributed by atoms with E-state index in [9.17, 15) is 9.18 Å². The van der Waals surface area contributed by atoms with Gasteiger partial charge in [-0.3, -0.25) is 4.79 Å². The van der Waals surface area contributed by atoms with Crippen molar-refractivity contribution in [3.63, 3.8) is 0 Å². The number of carbonyl (C=O) groups excluding carboxylic acids is 1. The minimum Gasteiger partial charge on any atom is -0.347 e. The highest BCUT2D eigenvalue weighted by atomic mass is 35.5. The minimum absolute atomic E-state index is 0.168. The molecular weight excluding hydrogens is 378 g/mol. The molecule has 8 heteroatoms. The number of nitrogens with one attached hydrogen (secondary N) is 2. The van der Waals surface area contributed by atoms with E-state index in [0.717, 1.165) is 5.56 Å². The first-order chi connectivity index (χ1) is 12.5. The van der Waals surface area contributed by atoms with Crippen LogP contribution in [0.3, 0.4) is 0 Å². The number of hydrogen-bond acceptors (Lipinski definition) is 4. The minimum atomic E-state index is -0.376. The lowest BCUT2D eigenvalue weighted by molar-refractivity contribution is 0.0945. The first-order valence-electron chi connectivity index (χ1n) is 7.57. The Labute approximate surface area is 159 Å². The van der Waals surface area contributed by atoms with Gasteiger partial charge in [-0.25, -0.2) is 14.4 Å². The monoisotopic (exact) mass is 390 g/mol. The predicted octanol–water partition coefficient (Wildman–Crippen LogP) is 4.60. The van der Waals surface area contributed by atoms with Crippen molar-refractivity contribution in [1.29, 1.82) is 0 Å². The van der Waals surface area contributed by atoms with E-state index in [2.05, 4.69) is 20.6 Å². The Hall–Kier alpha value is -2.70. The van der Waals surface area contributed by atoms with Crippen molar-refractivity contribution in [2.24, 2.45) is 0 Å². The van der Waals surface area contributed by atoms with E-state index in [1.807, 2.05) is 0 Å². The molecule has 0 spiro atoms. The molecule has 1 heterocycles. The van der Waals surface area contributed by atoms with Crippen LogP contribution in [0.1, 0.15) is 16.1 Å². The number of hydrogen-bond donors (Lipinski definition) is 2. The fourth-order valence-electron chi connectivity index (χ4n) is 2.16. The van der Waals surface area contributed by atoms with Crippen LogP contribution in [0.2, 0.25) is 10.0 Å². The van der Waals surface area contributed by atoms with Crippen LogP contribution in [0.4, 0.5) is 15.9 Å². The summed E-state index contributed by atoms with van der Waals surface area (Å²) in [5.41, 5.74) is 1.61. The Morgan fingerprint density at radius 1 is 1.00 bits per heavy atom. The van der Waals surface area contributed by atoms with Gasteiger partial charge in [0.2, 0.25) is 0 Å². The van der Waals surface area contributed by atoms with E-state index in [1.54, 1.807) is 30.3 Å². The molecule has 2 aromatic carbocycles. The van der Waals surface area contributed by atoms with Crippen LogP contribution in [0.25, 0.3) is 0 Å². The first-order valence-corrected chi connectivity index (χ1v) is 8.33. The van der Waals surface area contributed by atoms with Gasteiger partial charge in [0, 0.05) is 22.3 Å². The number of carbonyl (C=O) groups is 1. The molecule has 0 aliphatic rings. The van der Waals surface area contributed by atoms with Gasteiger partial charge in [-0.2, -0.15) is 0 Å². The van der Waals surface area contributed by atoms with E-state index >= 15 is 0 Å². The number of nitrogens with zero attached hydrogens (tertiary/aromatic N) is 2. The van der Waals surface area contributed by atoms with Crippen molar-refractivity contribution in [2.45, 2.75) is 6.54 Å². The van der Waals surface area contributed by atoms with Crippen LogP contribution in [0.5, 0.6) is 0 Å². The zero-order valence-electron chi connectivity index (χ0n) is 13.3. The van der Waals surface area contributed by atoms with Gasteiger partial charge in [0.25, 0.3) is 5.91 Å². The topological polar surface area (TPSA) is 66.9 Å². The zero-order chi connectivity index (χ0) is 18.5. The van der Waals surface area contributed by atoms with Gasteiger partial charge < -0.3 is 10.6 Å². The molecule has 0 aliphatic carbocycles. The standard InChI is InChI=1S/C18H13Cl2FN4O/c19-12-5-13(20)7-15(6-12)25-17-10-22-16(9-23-17)18(26)24-8-11-1-3-14(21)4-2-11/h1-7,9-10H,8H2,(H,23,25)(H,24,26). The molecule has 26 heavy (non-hydrogen) atoms. The van der Waals surface area contributed by atoms with Crippen LogP contribution in [-0.4, -0.2) is 15.9 Å². The predicted molar refractivity (Wildman–Crippen MR) is 99.3 cm³/mol. The molecule has 0 atom stereocenters. The highest BCUT2D eigenvalue weighted by Gasteiger charge is 2.08. The van der Waals surface area contributed by atoms with Crippen molar-refractivity contribution in [3.05, 3.63) is 82.0 Å². The Morgan fingerprint density at radius 3 is 2.31 bits per heavy atom. The van der Waals surface area contributed by atoms with E-state index in [-0.39, 0.29) is 24.0 Å². The molecule has 2 N–H and O–H groups in total. The summed E-state index contributed by atoms with van der Waals surface area (Å²) < 4.78 is 12.9. The fourth-order valence-corrected chi connectivity index (χ4v) is 2.68. The largest absolute Gasteiger partial charge is 0.347 e. The SMILES string of the molecule is O=C(NCc1ccc(F)cc1)c1cnc(Nc2cc(Cl)cc(Cl)c2)cn1. The lowest BCUT2D eigenvalue weighted by atomic mass is 10.2. The van der Waals surface area contributed by atoms with E-state index in [1.165, 1.54) is 24.5 Å². The van der Waals surface area contributed by atoms with Crippen LogP contribution in [0.15, 0.2) is 54.9 Å². The average molecular weight is 391 g/mol. The summed E-state index contributed by atoms with van der Waals surface area (Å²) in [5.74, 6) is -0.257. The smallest absolute Gasteiger partial charge is 0.271 e. The second-order valence-electron chi connectivity index (χ2n) is 5.38. The number of amides is 1. The molecule has 0 aliphatic heterocycles. The Morgan fingerprint density at radius 2 is 1.69 bits per heavy atom. The Balaban J connectivity index is 1.61. The number of halogens is 3. The van der Waals surface area contributed by atoms with Crippen LogP contribution in [0, 0.1) is 5.82 Å². The van der Waals surface area contributed by atoms with Gasteiger partial charge in [0.15, 0.2) is 0 Å². The van der Waals surface area contributed by atoms with E-state index < -0.39 is 0 Å². The third-order valence-electron chi connectivity index (χ3n) is 3.39. The molecule has 132 valence electrons. The summed E-state index contributed by atoms with van der Waals surface area (Å²) in [6.07, 6.45) is 2.79. The molecule has 0 saturated carbocycles. The third kappa shape index (κ3) is 4.91. The molecule has 5 nitrogen and oxygen atoms in total. The highest BCUT2D eigenvalue weighted by Crippen LogP contribution is 2.24. The lowest BCUT2D eigenvalue weighted by Gasteiger charge is -2.08. The summed E-state index contributed by atoms with van der Waals surface area (Å²) in [6.45, 7) is 0.266. The fraction of sp³-hybridized carbons (Fsp3) is 0.0556. The zero-order valence-corrected chi connectivity index (χ0v) is 14.9. The highest BCUT2D eigenvalue weighted by molar-refractivity contribution is 6.35. The molecule has 0 fully saturated rings. The quantitative estimate of drug-likeness (QED) is 0.668. The number of anilines is 2. The molecule has 0 saturated heterocycles. The van der Waals surface area contributed by atoms with Gasteiger partial charge in [0.05, 0.1) is 12.4 Å². The van der Waals surface area contributed by atoms with Crippen molar-refractivity contribution in [2.75, 3.05) is 5.32 Å². The molecular formula is C18H13Cl2FN4O. The van der Waals surface area contributed by atoms with Crippen molar-refractivity contribution < 1.29 is 9.18 Å². The molecule has 1 amide bonds. The average Bonchev–Trinajstić information content (AvgIpc) is 2.61. The Kier molecular flexibility index (Phi) is 5.65. The third-order valence-corrected chi connectivity index (χ3v) is 3.82. The van der Waals surface area contributed by atoms with Gasteiger partial charge >= 0.3 is 0 Å². The maximum atomic E-state index is 12.9. The maximum absolute atomic E-state index is 12.9. The molecule has 3 aromatic rings. The van der Waals surface area contributed by atoms with Crippen LogP contribution < -0.4 is 10.6 Å². The summed E-state index contributed by atoms with van der Waals surface area (Å²) >= 11 is 11.9. The van der Waals surface area contributed by atoms with Gasteiger partial charge in [0.1, 0.15) is 17.3 Å². The first kappa shape index (κ1) is 18.1. The van der Waals surface area contributed by atoms with Gasteiger partial charge in [-0.05, 0) is 35.9 Å². The Bertz CT molecular complexity index is 897. The summed E-state index contributed by atoms with van der Waals surface area (Å²) in [7, 11) is 0. The molecule has 0 unspecified atom stereocenters. The van der Waals surface area contributed by atoms with Crippen LogP contribution in [-0.2, 0) is 6.54 Å². The van der Waals surface area contributed by atoms with E-state index in [4.69, 9.17) is 23.2 Å². The summed E-state index contributed by atoms with van der Waals surface area (Å²) in [5, 5.41) is 6.69. The maximum Gasteiger partial charge on any atom is 0.271 e. The summed E-state index contributed by atoms with van der Waals surface area (Å²) in [6, 6.07) is 10.9. The second-order valence-corrected chi connectivity index (χ2v) is 6.25.